The van der Waals surface area contributed by atoms with Gasteiger partial charge in [0.25, 0.3) is 5.91 Å². The fourth-order valence-electron chi connectivity index (χ4n) is 2.02. The zero-order valence-corrected chi connectivity index (χ0v) is 12.8. The molecule has 2 rings (SSSR count). The van der Waals surface area contributed by atoms with Gasteiger partial charge in [-0.3, -0.25) is 4.79 Å². The third-order valence-corrected chi connectivity index (χ3v) is 3.50. The molecule has 0 saturated carbocycles. The van der Waals surface area contributed by atoms with E-state index in [1.807, 2.05) is 0 Å². The maximum Gasteiger partial charge on any atom is 0.409 e. The fraction of sp³-hybridized carbons (Fsp3) is 0.462. The summed E-state index contributed by atoms with van der Waals surface area (Å²) in [6.07, 6.45) is 1.28. The molecule has 6 nitrogen and oxygen atoms in total. The Kier molecular flexibility index (Phi) is 4.94. The van der Waals surface area contributed by atoms with Crippen molar-refractivity contribution in [2.24, 2.45) is 0 Å². The van der Waals surface area contributed by atoms with Crippen molar-refractivity contribution >= 4 is 27.9 Å². The van der Waals surface area contributed by atoms with Crippen LogP contribution < -0.4 is 0 Å². The lowest BCUT2D eigenvalue weighted by molar-refractivity contribution is 0.0570. The summed E-state index contributed by atoms with van der Waals surface area (Å²) in [4.78, 5) is 31.2. The number of halogens is 1. The fourth-order valence-corrected chi connectivity index (χ4v) is 2.39. The van der Waals surface area contributed by atoms with Crippen molar-refractivity contribution in [3.8, 4) is 0 Å². The second-order valence-electron chi connectivity index (χ2n) is 4.35. The highest BCUT2D eigenvalue weighted by atomic mass is 79.9. The Morgan fingerprint density at radius 2 is 1.95 bits per heavy atom. The van der Waals surface area contributed by atoms with Crippen molar-refractivity contribution in [3.05, 3.63) is 28.5 Å². The summed E-state index contributed by atoms with van der Waals surface area (Å²) >= 11 is 3.25. The van der Waals surface area contributed by atoms with Crippen LogP contribution in [0.4, 0.5) is 4.79 Å². The molecule has 1 aliphatic heterocycles. The van der Waals surface area contributed by atoms with Crippen LogP contribution in [0.3, 0.4) is 0 Å². The standard InChI is InChI=1S/C13H16BrN3O3/c1-2-20-13(19)17-7-5-16(6-8-17)12(18)10-3-4-15-11(14)9-10/h3-4,9H,2,5-8H2,1H3. The van der Waals surface area contributed by atoms with Crippen LogP contribution in [-0.2, 0) is 4.74 Å². The van der Waals surface area contributed by atoms with E-state index in [1.165, 1.54) is 0 Å². The average Bonchev–Trinajstić information content (AvgIpc) is 2.47. The highest BCUT2D eigenvalue weighted by molar-refractivity contribution is 9.10. The zero-order valence-electron chi connectivity index (χ0n) is 11.2. The van der Waals surface area contributed by atoms with Crippen molar-refractivity contribution in [1.82, 2.24) is 14.8 Å². The number of carbonyl (C=O) groups excluding carboxylic acids is 2. The van der Waals surface area contributed by atoms with Gasteiger partial charge in [0.05, 0.1) is 6.61 Å². The Morgan fingerprint density at radius 3 is 2.55 bits per heavy atom. The number of nitrogens with zero attached hydrogens (tertiary/aromatic N) is 3. The number of carbonyl (C=O) groups is 2. The van der Waals surface area contributed by atoms with E-state index in [1.54, 1.807) is 35.1 Å². The Hall–Kier alpha value is -1.63. The van der Waals surface area contributed by atoms with E-state index in [0.717, 1.165) is 0 Å². The van der Waals surface area contributed by atoms with E-state index in [2.05, 4.69) is 20.9 Å². The predicted octanol–water partition coefficient (Wildman–Crippen LogP) is 1.76. The predicted molar refractivity (Wildman–Crippen MR) is 76.4 cm³/mol. The van der Waals surface area contributed by atoms with Gasteiger partial charge in [0.15, 0.2) is 0 Å². The van der Waals surface area contributed by atoms with E-state index in [0.29, 0.717) is 43.0 Å². The Bertz CT molecular complexity index is 501. The normalized spacial score (nSPS) is 15.1. The van der Waals surface area contributed by atoms with Gasteiger partial charge < -0.3 is 14.5 Å². The van der Waals surface area contributed by atoms with Gasteiger partial charge in [-0.2, -0.15) is 0 Å². The first-order valence-corrected chi connectivity index (χ1v) is 7.23. The number of aromatic nitrogens is 1. The Morgan fingerprint density at radius 1 is 1.30 bits per heavy atom. The first-order chi connectivity index (χ1) is 9.61. The van der Waals surface area contributed by atoms with Crippen LogP contribution >= 0.6 is 15.9 Å². The van der Waals surface area contributed by atoms with Crippen LogP contribution in [0.25, 0.3) is 0 Å². The summed E-state index contributed by atoms with van der Waals surface area (Å²) in [5.74, 6) is -0.0448. The maximum atomic E-state index is 12.3. The van der Waals surface area contributed by atoms with Gasteiger partial charge in [0.2, 0.25) is 0 Å². The monoisotopic (exact) mass is 341 g/mol. The molecule has 7 heteroatoms. The van der Waals surface area contributed by atoms with Crippen molar-refractivity contribution in [3.63, 3.8) is 0 Å². The molecule has 2 heterocycles. The molecule has 20 heavy (non-hydrogen) atoms. The molecule has 1 aromatic rings. The SMILES string of the molecule is CCOC(=O)N1CCN(C(=O)c2ccnc(Br)c2)CC1. The molecule has 0 atom stereocenters. The van der Waals surface area contributed by atoms with Crippen molar-refractivity contribution in [2.45, 2.75) is 6.92 Å². The minimum absolute atomic E-state index is 0.0448. The number of piperazine rings is 1. The van der Waals surface area contributed by atoms with E-state index >= 15 is 0 Å². The van der Waals surface area contributed by atoms with Gasteiger partial charge in [0, 0.05) is 37.9 Å². The second kappa shape index (κ2) is 6.69. The van der Waals surface area contributed by atoms with Gasteiger partial charge >= 0.3 is 6.09 Å². The second-order valence-corrected chi connectivity index (χ2v) is 5.16. The quantitative estimate of drug-likeness (QED) is 0.769. The van der Waals surface area contributed by atoms with Gasteiger partial charge in [-0.25, -0.2) is 9.78 Å². The number of pyridine rings is 1. The van der Waals surface area contributed by atoms with E-state index in [9.17, 15) is 9.59 Å². The Balaban J connectivity index is 1.93. The van der Waals surface area contributed by atoms with Crippen LogP contribution in [-0.4, -0.2) is 59.6 Å². The topological polar surface area (TPSA) is 62.7 Å². The Labute approximate surface area is 125 Å². The highest BCUT2D eigenvalue weighted by Crippen LogP contribution is 2.12. The first kappa shape index (κ1) is 14.8. The van der Waals surface area contributed by atoms with Crippen molar-refractivity contribution in [2.75, 3.05) is 32.8 Å². The molecule has 2 amide bonds. The van der Waals surface area contributed by atoms with Gasteiger partial charge in [-0.05, 0) is 35.0 Å². The van der Waals surface area contributed by atoms with Crippen LogP contribution in [0.5, 0.6) is 0 Å². The summed E-state index contributed by atoms with van der Waals surface area (Å²) in [6, 6.07) is 3.38. The minimum atomic E-state index is -0.314. The van der Waals surface area contributed by atoms with Crippen LogP contribution in [0, 0.1) is 0 Å². The third-order valence-electron chi connectivity index (χ3n) is 3.07. The molecule has 0 radical (unpaired) electrons. The van der Waals surface area contributed by atoms with Crippen molar-refractivity contribution < 1.29 is 14.3 Å². The highest BCUT2D eigenvalue weighted by Gasteiger charge is 2.25. The van der Waals surface area contributed by atoms with Crippen LogP contribution in [0.2, 0.25) is 0 Å². The first-order valence-electron chi connectivity index (χ1n) is 6.44. The number of hydrogen-bond acceptors (Lipinski definition) is 4. The molecular formula is C13H16BrN3O3. The molecule has 1 saturated heterocycles. The van der Waals surface area contributed by atoms with Crippen molar-refractivity contribution in [1.29, 1.82) is 0 Å². The molecule has 0 bridgehead atoms. The van der Waals surface area contributed by atoms with Gasteiger partial charge in [-0.1, -0.05) is 0 Å². The molecular weight excluding hydrogens is 326 g/mol. The zero-order chi connectivity index (χ0) is 14.5. The summed E-state index contributed by atoms with van der Waals surface area (Å²) in [7, 11) is 0. The van der Waals surface area contributed by atoms with E-state index in [4.69, 9.17) is 4.74 Å². The minimum Gasteiger partial charge on any atom is -0.450 e. The van der Waals surface area contributed by atoms with Gasteiger partial charge in [-0.15, -0.1) is 0 Å². The summed E-state index contributed by atoms with van der Waals surface area (Å²) in [5.41, 5.74) is 0.594. The molecule has 0 unspecified atom stereocenters. The lowest BCUT2D eigenvalue weighted by atomic mass is 10.2. The molecule has 108 valence electrons. The molecule has 0 aliphatic carbocycles. The summed E-state index contributed by atoms with van der Waals surface area (Å²) in [5, 5.41) is 0. The average molecular weight is 342 g/mol. The third kappa shape index (κ3) is 3.47. The molecule has 0 aromatic carbocycles. The largest absolute Gasteiger partial charge is 0.450 e. The smallest absolute Gasteiger partial charge is 0.409 e. The summed E-state index contributed by atoms with van der Waals surface area (Å²) in [6.45, 7) is 4.16. The molecule has 1 fully saturated rings. The van der Waals surface area contributed by atoms with Crippen LogP contribution in [0.1, 0.15) is 17.3 Å². The van der Waals surface area contributed by atoms with Crippen LogP contribution in [0.15, 0.2) is 22.9 Å². The molecule has 0 N–H and O–H groups in total. The summed E-state index contributed by atoms with van der Waals surface area (Å²) < 4.78 is 5.58. The van der Waals surface area contributed by atoms with E-state index in [-0.39, 0.29) is 12.0 Å². The lowest BCUT2D eigenvalue weighted by Gasteiger charge is -2.34. The number of rotatable bonds is 2. The molecule has 0 spiro atoms. The number of ether oxygens (including phenoxy) is 1. The maximum absolute atomic E-state index is 12.3. The number of amides is 2. The molecule has 1 aliphatic rings. The molecule has 1 aromatic heterocycles. The lowest BCUT2D eigenvalue weighted by Crippen LogP contribution is -2.50. The van der Waals surface area contributed by atoms with E-state index < -0.39 is 0 Å². The number of hydrogen-bond donors (Lipinski definition) is 0. The van der Waals surface area contributed by atoms with Gasteiger partial charge in [0.1, 0.15) is 4.60 Å².